The fraction of sp³-hybridized carbons (Fsp3) is 0.333. The molecule has 0 atom stereocenters. The Morgan fingerprint density at radius 2 is 2.25 bits per heavy atom. The van der Waals surface area contributed by atoms with E-state index in [9.17, 15) is 4.39 Å². The van der Waals surface area contributed by atoms with Crippen LogP contribution in [-0.2, 0) is 6.54 Å². The minimum Gasteiger partial charge on any atom is -0.491 e. The van der Waals surface area contributed by atoms with Crippen molar-refractivity contribution in [2.75, 3.05) is 13.3 Å². The van der Waals surface area contributed by atoms with E-state index in [1.54, 1.807) is 6.07 Å². The number of halogens is 1. The van der Waals surface area contributed by atoms with Crippen molar-refractivity contribution in [3.8, 4) is 5.75 Å². The summed E-state index contributed by atoms with van der Waals surface area (Å²) in [6.45, 7) is 0.119. The first kappa shape index (κ1) is 9.00. The molecular formula is C9H12FNO. The Bertz CT molecular complexity index is 240. The lowest BCUT2D eigenvalue weighted by molar-refractivity contribution is 0.273. The second-order valence-electron chi connectivity index (χ2n) is 2.39. The van der Waals surface area contributed by atoms with Gasteiger partial charge in [-0.1, -0.05) is 12.1 Å². The summed E-state index contributed by atoms with van der Waals surface area (Å²) in [6, 6.07) is 7.35. The summed E-state index contributed by atoms with van der Waals surface area (Å²) < 4.78 is 16.8. The largest absolute Gasteiger partial charge is 0.491 e. The van der Waals surface area contributed by atoms with Crippen molar-refractivity contribution < 1.29 is 9.13 Å². The third kappa shape index (κ3) is 2.51. The number of alkyl halides is 1. The maximum atomic E-state index is 11.7. The minimum atomic E-state index is -0.465. The van der Waals surface area contributed by atoms with Crippen LogP contribution in [0.15, 0.2) is 24.3 Å². The van der Waals surface area contributed by atoms with Crippen molar-refractivity contribution in [2.45, 2.75) is 6.54 Å². The number of rotatable bonds is 4. The molecule has 0 aliphatic rings. The van der Waals surface area contributed by atoms with Gasteiger partial charge in [0.05, 0.1) is 0 Å². The van der Waals surface area contributed by atoms with Gasteiger partial charge in [-0.2, -0.15) is 0 Å². The molecule has 0 aromatic heterocycles. The smallest absolute Gasteiger partial charge is 0.123 e. The van der Waals surface area contributed by atoms with Crippen LogP contribution in [0.25, 0.3) is 0 Å². The highest BCUT2D eigenvalue weighted by Crippen LogP contribution is 2.12. The van der Waals surface area contributed by atoms with E-state index in [1.165, 1.54) is 0 Å². The van der Waals surface area contributed by atoms with Crippen LogP contribution in [0.3, 0.4) is 0 Å². The molecule has 0 saturated carbocycles. The molecule has 1 rings (SSSR count). The van der Waals surface area contributed by atoms with E-state index in [2.05, 4.69) is 0 Å². The van der Waals surface area contributed by atoms with Crippen LogP contribution in [0.5, 0.6) is 5.75 Å². The zero-order chi connectivity index (χ0) is 8.81. The lowest BCUT2D eigenvalue weighted by atomic mass is 10.2. The molecule has 0 fully saturated rings. The third-order valence-corrected chi connectivity index (χ3v) is 1.48. The molecule has 0 aliphatic carbocycles. The molecule has 12 heavy (non-hydrogen) atoms. The van der Waals surface area contributed by atoms with Crippen LogP contribution in [0.4, 0.5) is 4.39 Å². The molecule has 0 amide bonds. The SMILES string of the molecule is NCc1cccc(OCCF)c1. The van der Waals surface area contributed by atoms with Gasteiger partial charge < -0.3 is 10.5 Å². The van der Waals surface area contributed by atoms with E-state index < -0.39 is 6.67 Å². The van der Waals surface area contributed by atoms with E-state index in [-0.39, 0.29) is 6.61 Å². The molecule has 1 aromatic rings. The molecule has 0 unspecified atom stereocenters. The maximum absolute atomic E-state index is 11.7. The predicted molar refractivity (Wildman–Crippen MR) is 45.8 cm³/mol. The fourth-order valence-corrected chi connectivity index (χ4v) is 0.919. The molecular weight excluding hydrogens is 157 g/mol. The normalized spacial score (nSPS) is 9.83. The zero-order valence-electron chi connectivity index (χ0n) is 6.79. The van der Waals surface area contributed by atoms with Gasteiger partial charge in [0, 0.05) is 6.54 Å². The van der Waals surface area contributed by atoms with E-state index in [0.29, 0.717) is 12.3 Å². The molecule has 0 bridgehead atoms. The summed E-state index contributed by atoms with van der Waals surface area (Å²) in [5.74, 6) is 0.676. The Labute approximate surface area is 71.1 Å². The van der Waals surface area contributed by atoms with Gasteiger partial charge in [0.2, 0.25) is 0 Å². The van der Waals surface area contributed by atoms with Gasteiger partial charge in [-0.25, -0.2) is 4.39 Å². The van der Waals surface area contributed by atoms with Crippen LogP contribution in [0, 0.1) is 0 Å². The van der Waals surface area contributed by atoms with E-state index in [1.807, 2.05) is 18.2 Å². The Balaban J connectivity index is 2.60. The van der Waals surface area contributed by atoms with Crippen LogP contribution in [0.1, 0.15) is 5.56 Å². The second kappa shape index (κ2) is 4.72. The average molecular weight is 169 g/mol. The first-order chi connectivity index (χ1) is 5.86. The first-order valence-electron chi connectivity index (χ1n) is 3.84. The van der Waals surface area contributed by atoms with Crippen LogP contribution < -0.4 is 10.5 Å². The predicted octanol–water partition coefficient (Wildman–Crippen LogP) is 1.49. The highest BCUT2D eigenvalue weighted by atomic mass is 19.1. The molecule has 3 heteroatoms. The molecule has 0 saturated heterocycles. The Morgan fingerprint density at radius 1 is 1.42 bits per heavy atom. The summed E-state index contributed by atoms with van der Waals surface area (Å²) >= 11 is 0. The second-order valence-corrected chi connectivity index (χ2v) is 2.39. The molecule has 1 aromatic carbocycles. The number of ether oxygens (including phenoxy) is 1. The number of hydrogen-bond donors (Lipinski definition) is 1. The number of hydrogen-bond acceptors (Lipinski definition) is 2. The van der Waals surface area contributed by atoms with Gasteiger partial charge in [-0.05, 0) is 17.7 Å². The van der Waals surface area contributed by atoms with Gasteiger partial charge in [0.15, 0.2) is 0 Å². The molecule has 66 valence electrons. The molecule has 0 heterocycles. The lowest BCUT2D eigenvalue weighted by Crippen LogP contribution is -2.00. The fourth-order valence-electron chi connectivity index (χ4n) is 0.919. The summed E-state index contributed by atoms with van der Waals surface area (Å²) in [6.07, 6.45) is 0. The van der Waals surface area contributed by atoms with Gasteiger partial charge in [0.25, 0.3) is 0 Å². The lowest BCUT2D eigenvalue weighted by Gasteiger charge is -2.04. The van der Waals surface area contributed by atoms with Crippen LogP contribution in [-0.4, -0.2) is 13.3 Å². The maximum Gasteiger partial charge on any atom is 0.123 e. The Morgan fingerprint density at radius 3 is 2.92 bits per heavy atom. The first-order valence-corrected chi connectivity index (χ1v) is 3.84. The van der Waals surface area contributed by atoms with Crippen molar-refractivity contribution in [3.05, 3.63) is 29.8 Å². The van der Waals surface area contributed by atoms with E-state index >= 15 is 0 Å². The highest BCUT2D eigenvalue weighted by Gasteiger charge is 1.94. The van der Waals surface area contributed by atoms with Crippen molar-refractivity contribution in [3.63, 3.8) is 0 Å². The summed E-state index contributed by atoms with van der Waals surface area (Å²) in [4.78, 5) is 0. The number of benzene rings is 1. The van der Waals surface area contributed by atoms with Gasteiger partial charge in [-0.15, -0.1) is 0 Å². The van der Waals surface area contributed by atoms with Crippen molar-refractivity contribution in [1.82, 2.24) is 0 Å². The van der Waals surface area contributed by atoms with Crippen molar-refractivity contribution >= 4 is 0 Å². The van der Waals surface area contributed by atoms with Crippen LogP contribution >= 0.6 is 0 Å². The summed E-state index contributed by atoms with van der Waals surface area (Å²) in [5, 5.41) is 0. The monoisotopic (exact) mass is 169 g/mol. The van der Waals surface area contributed by atoms with E-state index in [4.69, 9.17) is 10.5 Å². The van der Waals surface area contributed by atoms with Crippen molar-refractivity contribution in [2.24, 2.45) is 5.73 Å². The Kier molecular flexibility index (Phi) is 3.54. The average Bonchev–Trinajstić information content (AvgIpc) is 2.15. The zero-order valence-corrected chi connectivity index (χ0v) is 6.79. The summed E-state index contributed by atoms with van der Waals surface area (Å²) in [7, 11) is 0. The van der Waals surface area contributed by atoms with Crippen LogP contribution in [0.2, 0.25) is 0 Å². The van der Waals surface area contributed by atoms with Gasteiger partial charge in [0.1, 0.15) is 19.0 Å². The molecule has 2 N–H and O–H groups in total. The highest BCUT2D eigenvalue weighted by molar-refractivity contribution is 5.28. The Hall–Kier alpha value is -1.09. The quantitative estimate of drug-likeness (QED) is 0.741. The topological polar surface area (TPSA) is 35.2 Å². The van der Waals surface area contributed by atoms with Crippen molar-refractivity contribution in [1.29, 1.82) is 0 Å². The molecule has 0 spiro atoms. The molecule has 2 nitrogen and oxygen atoms in total. The third-order valence-electron chi connectivity index (χ3n) is 1.48. The van der Waals surface area contributed by atoms with Gasteiger partial charge >= 0.3 is 0 Å². The number of nitrogens with two attached hydrogens (primary N) is 1. The van der Waals surface area contributed by atoms with Gasteiger partial charge in [-0.3, -0.25) is 0 Å². The standard InChI is InChI=1S/C9H12FNO/c10-4-5-12-9-3-1-2-8(6-9)7-11/h1-3,6H,4-5,7,11H2. The van der Waals surface area contributed by atoms with E-state index in [0.717, 1.165) is 5.56 Å². The summed E-state index contributed by atoms with van der Waals surface area (Å²) in [5.41, 5.74) is 6.41. The minimum absolute atomic E-state index is 0.105. The molecule has 0 aliphatic heterocycles. The molecule has 0 radical (unpaired) electrons.